The van der Waals surface area contributed by atoms with Gasteiger partial charge in [0.2, 0.25) is 5.91 Å². The third-order valence-electron chi connectivity index (χ3n) is 4.10. The van der Waals surface area contributed by atoms with Gasteiger partial charge >= 0.3 is 0 Å². The van der Waals surface area contributed by atoms with E-state index in [1.165, 1.54) is 12.8 Å². The molecule has 0 aromatic carbocycles. The number of unbranched alkanes of at least 4 members (excludes halogenated alkanes) is 1. The van der Waals surface area contributed by atoms with E-state index in [0.717, 1.165) is 45.7 Å². The minimum Gasteiger partial charge on any atom is -0.340 e. The summed E-state index contributed by atoms with van der Waals surface area (Å²) >= 11 is 0. The fourth-order valence-corrected chi connectivity index (χ4v) is 2.48. The third kappa shape index (κ3) is 5.91. The normalized spacial score (nSPS) is 17.8. The van der Waals surface area contributed by atoms with Crippen molar-refractivity contribution in [3.05, 3.63) is 0 Å². The summed E-state index contributed by atoms with van der Waals surface area (Å²) in [6.07, 6.45) is 4.28. The van der Waals surface area contributed by atoms with E-state index in [0.29, 0.717) is 18.4 Å². The second-order valence-corrected chi connectivity index (χ2v) is 5.53. The van der Waals surface area contributed by atoms with Crippen LogP contribution in [0.5, 0.6) is 0 Å². The maximum absolute atomic E-state index is 12.2. The molecule has 19 heavy (non-hydrogen) atoms. The van der Waals surface area contributed by atoms with Gasteiger partial charge in [0, 0.05) is 45.2 Å². The Morgan fingerprint density at radius 3 is 2.53 bits per heavy atom. The first kappa shape index (κ1) is 16.4. The smallest absolute Gasteiger partial charge is 0.223 e. The van der Waals surface area contributed by atoms with Crippen molar-refractivity contribution in [2.45, 2.75) is 52.5 Å². The molecule has 0 aromatic heterocycles. The number of amides is 1. The lowest BCUT2D eigenvalue weighted by Crippen LogP contribution is -2.47. The van der Waals surface area contributed by atoms with E-state index >= 15 is 0 Å². The first-order valence-corrected chi connectivity index (χ1v) is 7.91. The quantitative estimate of drug-likeness (QED) is 0.728. The molecule has 1 saturated heterocycles. The minimum absolute atomic E-state index is 0.325. The predicted octanol–water partition coefficient (Wildman–Crippen LogP) is 1.71. The second-order valence-electron chi connectivity index (χ2n) is 5.53. The number of hydrogen-bond acceptors (Lipinski definition) is 3. The third-order valence-corrected chi connectivity index (χ3v) is 4.10. The summed E-state index contributed by atoms with van der Waals surface area (Å²) < 4.78 is 0. The summed E-state index contributed by atoms with van der Waals surface area (Å²) in [6, 6.07) is 0.586. The Morgan fingerprint density at radius 1 is 1.26 bits per heavy atom. The van der Waals surface area contributed by atoms with E-state index in [2.05, 4.69) is 31.0 Å². The van der Waals surface area contributed by atoms with Gasteiger partial charge in [-0.2, -0.15) is 0 Å². The molecule has 1 aliphatic heterocycles. The van der Waals surface area contributed by atoms with Gasteiger partial charge in [-0.3, -0.25) is 4.79 Å². The van der Waals surface area contributed by atoms with Crippen molar-refractivity contribution < 1.29 is 4.79 Å². The van der Waals surface area contributed by atoms with Crippen molar-refractivity contribution >= 4 is 5.91 Å². The highest BCUT2D eigenvalue weighted by Gasteiger charge is 2.18. The Bertz CT molecular complexity index is 252. The number of nitrogens with zero attached hydrogens (tertiary/aromatic N) is 2. The molecule has 0 bridgehead atoms. The SMILES string of the molecule is CCCCN(CCC(=O)N1CCNCC1)C(C)CC. The van der Waals surface area contributed by atoms with Crippen molar-refractivity contribution in [1.82, 2.24) is 15.1 Å². The number of nitrogens with one attached hydrogen (secondary N) is 1. The van der Waals surface area contributed by atoms with E-state index in [1.807, 2.05) is 4.90 Å². The molecule has 4 nitrogen and oxygen atoms in total. The van der Waals surface area contributed by atoms with Crippen molar-refractivity contribution in [2.75, 3.05) is 39.3 Å². The van der Waals surface area contributed by atoms with E-state index in [9.17, 15) is 4.79 Å². The molecule has 112 valence electrons. The zero-order chi connectivity index (χ0) is 14.1. The van der Waals surface area contributed by atoms with E-state index in [1.54, 1.807) is 0 Å². The highest BCUT2D eigenvalue weighted by atomic mass is 16.2. The van der Waals surface area contributed by atoms with E-state index in [-0.39, 0.29) is 0 Å². The predicted molar refractivity (Wildman–Crippen MR) is 80.3 cm³/mol. The van der Waals surface area contributed by atoms with Crippen LogP contribution in [0, 0.1) is 0 Å². The molecule has 0 aromatic rings. The average molecular weight is 269 g/mol. The van der Waals surface area contributed by atoms with Gasteiger partial charge in [-0.1, -0.05) is 20.3 Å². The highest BCUT2D eigenvalue weighted by molar-refractivity contribution is 5.76. The van der Waals surface area contributed by atoms with Crippen LogP contribution in [0.4, 0.5) is 0 Å². The fraction of sp³-hybridized carbons (Fsp3) is 0.933. The lowest BCUT2D eigenvalue weighted by Gasteiger charge is -2.31. The van der Waals surface area contributed by atoms with Gasteiger partial charge in [-0.15, -0.1) is 0 Å². The molecular weight excluding hydrogens is 238 g/mol. The number of carbonyl (C=O) groups is 1. The van der Waals surface area contributed by atoms with Crippen LogP contribution in [0.1, 0.15) is 46.5 Å². The molecule has 0 radical (unpaired) electrons. The number of carbonyl (C=O) groups excluding carboxylic acids is 1. The summed E-state index contributed by atoms with van der Waals surface area (Å²) in [5.74, 6) is 0.325. The molecule has 0 aliphatic carbocycles. The lowest BCUT2D eigenvalue weighted by atomic mass is 10.2. The number of rotatable bonds is 8. The molecule has 0 saturated carbocycles. The molecule has 1 unspecified atom stereocenters. The summed E-state index contributed by atoms with van der Waals surface area (Å²) in [6.45, 7) is 12.4. The van der Waals surface area contributed by atoms with Crippen molar-refractivity contribution in [3.63, 3.8) is 0 Å². The molecule has 1 atom stereocenters. The van der Waals surface area contributed by atoms with Gasteiger partial charge in [0.15, 0.2) is 0 Å². The van der Waals surface area contributed by atoms with Gasteiger partial charge in [-0.25, -0.2) is 0 Å². The molecule has 1 rings (SSSR count). The Balaban J connectivity index is 2.34. The molecule has 1 N–H and O–H groups in total. The molecule has 4 heteroatoms. The molecule has 1 fully saturated rings. The zero-order valence-electron chi connectivity index (χ0n) is 13.0. The van der Waals surface area contributed by atoms with Gasteiger partial charge in [0.05, 0.1) is 0 Å². The van der Waals surface area contributed by atoms with E-state index in [4.69, 9.17) is 0 Å². The first-order chi connectivity index (χ1) is 9.19. The summed E-state index contributed by atoms with van der Waals surface area (Å²) in [5, 5.41) is 3.29. The average Bonchev–Trinajstić information content (AvgIpc) is 2.47. The van der Waals surface area contributed by atoms with Gasteiger partial charge in [0.1, 0.15) is 0 Å². The van der Waals surface area contributed by atoms with E-state index < -0.39 is 0 Å². The first-order valence-electron chi connectivity index (χ1n) is 7.91. The van der Waals surface area contributed by atoms with Crippen LogP contribution in [0.25, 0.3) is 0 Å². The van der Waals surface area contributed by atoms with Crippen LogP contribution < -0.4 is 5.32 Å². The highest BCUT2D eigenvalue weighted by Crippen LogP contribution is 2.08. The second kappa shape index (κ2) is 9.32. The van der Waals surface area contributed by atoms with Crippen LogP contribution in [0.3, 0.4) is 0 Å². The standard InChI is InChI=1S/C15H31N3O/c1-4-6-10-17(14(3)5-2)11-7-15(19)18-12-8-16-9-13-18/h14,16H,4-13H2,1-3H3. The van der Waals surface area contributed by atoms with Gasteiger partial charge in [-0.05, 0) is 26.3 Å². The molecule has 1 amide bonds. The fourth-order valence-electron chi connectivity index (χ4n) is 2.48. The summed E-state index contributed by atoms with van der Waals surface area (Å²) in [5.41, 5.74) is 0. The monoisotopic (exact) mass is 269 g/mol. The molecular formula is C15H31N3O. The molecule has 1 heterocycles. The Morgan fingerprint density at radius 2 is 1.95 bits per heavy atom. The van der Waals surface area contributed by atoms with Crippen molar-refractivity contribution in [3.8, 4) is 0 Å². The molecule has 0 spiro atoms. The zero-order valence-corrected chi connectivity index (χ0v) is 13.0. The largest absolute Gasteiger partial charge is 0.340 e. The van der Waals surface area contributed by atoms with Crippen molar-refractivity contribution in [2.24, 2.45) is 0 Å². The van der Waals surface area contributed by atoms with Gasteiger partial charge < -0.3 is 15.1 Å². The Kier molecular flexibility index (Phi) is 8.07. The van der Waals surface area contributed by atoms with Crippen LogP contribution in [0.15, 0.2) is 0 Å². The minimum atomic E-state index is 0.325. The Labute approximate surface area is 118 Å². The van der Waals surface area contributed by atoms with Crippen molar-refractivity contribution in [1.29, 1.82) is 0 Å². The van der Waals surface area contributed by atoms with Crippen LogP contribution in [0.2, 0.25) is 0 Å². The topological polar surface area (TPSA) is 35.6 Å². The number of hydrogen-bond donors (Lipinski definition) is 1. The Hall–Kier alpha value is -0.610. The van der Waals surface area contributed by atoms with Crippen LogP contribution in [-0.4, -0.2) is 61.0 Å². The number of piperazine rings is 1. The van der Waals surface area contributed by atoms with Crippen LogP contribution in [-0.2, 0) is 4.79 Å². The molecule has 1 aliphatic rings. The maximum atomic E-state index is 12.2. The summed E-state index contributed by atoms with van der Waals surface area (Å²) in [7, 11) is 0. The van der Waals surface area contributed by atoms with Crippen LogP contribution >= 0.6 is 0 Å². The lowest BCUT2D eigenvalue weighted by molar-refractivity contribution is -0.132. The maximum Gasteiger partial charge on any atom is 0.223 e. The van der Waals surface area contributed by atoms with Gasteiger partial charge in [0.25, 0.3) is 0 Å². The summed E-state index contributed by atoms with van der Waals surface area (Å²) in [4.78, 5) is 16.6.